The summed E-state index contributed by atoms with van der Waals surface area (Å²) in [6.45, 7) is 10.3. The van der Waals surface area contributed by atoms with Gasteiger partial charge < -0.3 is 5.32 Å². The largest absolute Gasteiger partial charge is 0.311 e. The Balaban J connectivity index is 1.99. The van der Waals surface area contributed by atoms with Crippen LogP contribution in [-0.2, 0) is 6.54 Å². The first kappa shape index (κ1) is 15.5. The Bertz CT molecular complexity index is 391. The number of thiophene rings is 1. The normalized spacial score (nSPS) is 25.1. The fraction of sp³-hybridized carbons (Fsp3) is 0.733. The molecular formula is C15H25BrN2S. The third-order valence-electron chi connectivity index (χ3n) is 3.88. The smallest absolute Gasteiger partial charge is 0.0343 e. The molecule has 4 heteroatoms. The number of nitrogens with one attached hydrogen (secondary N) is 1. The summed E-state index contributed by atoms with van der Waals surface area (Å²) in [6.07, 6.45) is 2.50. The Hall–Kier alpha value is 0.100. The molecule has 0 aromatic carbocycles. The second kappa shape index (κ2) is 7.21. The van der Waals surface area contributed by atoms with E-state index in [-0.39, 0.29) is 0 Å². The number of rotatable bonds is 5. The maximum absolute atomic E-state index is 3.73. The van der Waals surface area contributed by atoms with E-state index in [2.05, 4.69) is 58.4 Å². The molecule has 2 unspecified atom stereocenters. The molecule has 2 rings (SSSR count). The lowest BCUT2D eigenvalue weighted by Crippen LogP contribution is -2.56. The summed E-state index contributed by atoms with van der Waals surface area (Å²) >= 11 is 5.52. The molecule has 0 aliphatic carbocycles. The maximum atomic E-state index is 3.73. The van der Waals surface area contributed by atoms with E-state index in [9.17, 15) is 0 Å². The third kappa shape index (κ3) is 4.28. The van der Waals surface area contributed by atoms with Gasteiger partial charge in [-0.05, 0) is 46.1 Å². The van der Waals surface area contributed by atoms with E-state index < -0.39 is 0 Å². The lowest BCUT2D eigenvalue weighted by atomic mass is 9.99. The minimum absolute atomic E-state index is 0.654. The molecule has 1 N–H and O–H groups in total. The lowest BCUT2D eigenvalue weighted by Gasteiger charge is -2.40. The standard InChI is InChI=1S/C15H25BrN2S/c1-4-13-8-17-12(7-11(2)3)9-18(13)10-15-14(16)5-6-19-15/h5-6,11-13,17H,4,7-10H2,1-3H3. The molecule has 108 valence electrons. The van der Waals surface area contributed by atoms with E-state index in [1.54, 1.807) is 0 Å². The first-order valence-electron chi connectivity index (χ1n) is 7.29. The second-order valence-corrected chi connectivity index (χ2v) is 7.77. The molecular weight excluding hydrogens is 320 g/mol. The molecule has 0 amide bonds. The number of halogens is 1. The van der Waals surface area contributed by atoms with Gasteiger partial charge in [0.05, 0.1) is 0 Å². The summed E-state index contributed by atoms with van der Waals surface area (Å²) in [7, 11) is 0. The molecule has 2 nitrogen and oxygen atoms in total. The van der Waals surface area contributed by atoms with Crippen LogP contribution in [0.15, 0.2) is 15.9 Å². The monoisotopic (exact) mass is 344 g/mol. The van der Waals surface area contributed by atoms with E-state index in [0.717, 1.165) is 19.0 Å². The Morgan fingerprint density at radius 3 is 2.89 bits per heavy atom. The van der Waals surface area contributed by atoms with Crippen LogP contribution >= 0.6 is 27.3 Å². The fourth-order valence-corrected chi connectivity index (χ4v) is 4.38. The van der Waals surface area contributed by atoms with Gasteiger partial charge in [0.1, 0.15) is 0 Å². The maximum Gasteiger partial charge on any atom is 0.0343 e. The zero-order valence-corrected chi connectivity index (χ0v) is 14.6. The van der Waals surface area contributed by atoms with Crippen LogP contribution in [-0.4, -0.2) is 30.1 Å². The molecule has 2 atom stereocenters. The molecule has 0 radical (unpaired) electrons. The van der Waals surface area contributed by atoms with Gasteiger partial charge in [0.15, 0.2) is 0 Å². The van der Waals surface area contributed by atoms with Gasteiger partial charge in [0, 0.05) is 41.1 Å². The van der Waals surface area contributed by atoms with Gasteiger partial charge in [0.25, 0.3) is 0 Å². The van der Waals surface area contributed by atoms with Crippen LogP contribution < -0.4 is 5.32 Å². The van der Waals surface area contributed by atoms with Crippen LogP contribution in [0.5, 0.6) is 0 Å². The van der Waals surface area contributed by atoms with Crippen molar-refractivity contribution in [2.24, 2.45) is 5.92 Å². The van der Waals surface area contributed by atoms with E-state index in [0.29, 0.717) is 12.1 Å². The molecule has 1 fully saturated rings. The number of piperazine rings is 1. The van der Waals surface area contributed by atoms with Crippen LogP contribution in [0.3, 0.4) is 0 Å². The first-order valence-corrected chi connectivity index (χ1v) is 8.96. The van der Waals surface area contributed by atoms with Gasteiger partial charge in [-0.15, -0.1) is 11.3 Å². The SMILES string of the molecule is CCC1CNC(CC(C)C)CN1Cc1sccc1Br. The Morgan fingerprint density at radius 2 is 2.32 bits per heavy atom. The van der Waals surface area contributed by atoms with Crippen molar-refractivity contribution >= 4 is 27.3 Å². The van der Waals surface area contributed by atoms with E-state index in [4.69, 9.17) is 0 Å². The minimum Gasteiger partial charge on any atom is -0.311 e. The molecule has 1 aromatic rings. The number of hydrogen-bond acceptors (Lipinski definition) is 3. The molecule has 2 heterocycles. The van der Waals surface area contributed by atoms with Crippen molar-refractivity contribution in [2.75, 3.05) is 13.1 Å². The highest BCUT2D eigenvalue weighted by molar-refractivity contribution is 9.10. The zero-order chi connectivity index (χ0) is 13.8. The van der Waals surface area contributed by atoms with Crippen molar-refractivity contribution in [3.63, 3.8) is 0 Å². The first-order chi connectivity index (χ1) is 9.10. The topological polar surface area (TPSA) is 15.3 Å². The highest BCUT2D eigenvalue weighted by Crippen LogP contribution is 2.26. The Kier molecular flexibility index (Phi) is 5.87. The summed E-state index contributed by atoms with van der Waals surface area (Å²) in [5.74, 6) is 0.769. The summed E-state index contributed by atoms with van der Waals surface area (Å²) in [5, 5.41) is 5.90. The van der Waals surface area contributed by atoms with Gasteiger partial charge >= 0.3 is 0 Å². The fourth-order valence-electron chi connectivity index (χ4n) is 2.87. The Labute approximate surface area is 129 Å². The molecule has 1 aromatic heterocycles. The van der Waals surface area contributed by atoms with Crippen molar-refractivity contribution in [3.8, 4) is 0 Å². The number of nitrogens with zero attached hydrogens (tertiary/aromatic N) is 1. The van der Waals surface area contributed by atoms with Crippen molar-refractivity contribution in [3.05, 3.63) is 20.8 Å². The zero-order valence-electron chi connectivity index (χ0n) is 12.2. The number of hydrogen-bond donors (Lipinski definition) is 1. The van der Waals surface area contributed by atoms with Crippen molar-refractivity contribution in [2.45, 2.75) is 52.2 Å². The van der Waals surface area contributed by atoms with Crippen LogP contribution in [0.4, 0.5) is 0 Å². The van der Waals surface area contributed by atoms with Crippen molar-refractivity contribution in [1.82, 2.24) is 10.2 Å². The van der Waals surface area contributed by atoms with Crippen LogP contribution in [0.2, 0.25) is 0 Å². The molecule has 1 saturated heterocycles. The van der Waals surface area contributed by atoms with Crippen LogP contribution in [0, 0.1) is 5.92 Å². The van der Waals surface area contributed by atoms with Crippen LogP contribution in [0.1, 0.15) is 38.5 Å². The average molecular weight is 345 g/mol. The van der Waals surface area contributed by atoms with Crippen LogP contribution in [0.25, 0.3) is 0 Å². The highest BCUT2D eigenvalue weighted by atomic mass is 79.9. The molecule has 0 saturated carbocycles. The van der Waals surface area contributed by atoms with E-state index >= 15 is 0 Å². The predicted molar refractivity (Wildman–Crippen MR) is 87.8 cm³/mol. The predicted octanol–water partition coefficient (Wildman–Crippen LogP) is 4.11. The van der Waals surface area contributed by atoms with Gasteiger partial charge in [-0.3, -0.25) is 4.90 Å². The van der Waals surface area contributed by atoms with Gasteiger partial charge in [0.2, 0.25) is 0 Å². The summed E-state index contributed by atoms with van der Waals surface area (Å²) in [6, 6.07) is 3.49. The molecule has 0 spiro atoms. The quantitative estimate of drug-likeness (QED) is 0.864. The Morgan fingerprint density at radius 1 is 1.53 bits per heavy atom. The molecule has 0 bridgehead atoms. The molecule has 1 aliphatic rings. The highest BCUT2D eigenvalue weighted by Gasteiger charge is 2.27. The van der Waals surface area contributed by atoms with E-state index in [1.807, 2.05) is 11.3 Å². The lowest BCUT2D eigenvalue weighted by molar-refractivity contribution is 0.112. The second-order valence-electron chi connectivity index (χ2n) is 5.92. The third-order valence-corrected chi connectivity index (χ3v) is 5.79. The summed E-state index contributed by atoms with van der Waals surface area (Å²) in [5.41, 5.74) is 0. The van der Waals surface area contributed by atoms with Crippen molar-refractivity contribution in [1.29, 1.82) is 0 Å². The summed E-state index contributed by atoms with van der Waals surface area (Å²) in [4.78, 5) is 4.13. The molecule has 1 aliphatic heterocycles. The van der Waals surface area contributed by atoms with Gasteiger partial charge in [-0.1, -0.05) is 20.8 Å². The van der Waals surface area contributed by atoms with Gasteiger partial charge in [-0.2, -0.15) is 0 Å². The molecule has 19 heavy (non-hydrogen) atoms. The van der Waals surface area contributed by atoms with Gasteiger partial charge in [-0.25, -0.2) is 0 Å². The minimum atomic E-state index is 0.654. The summed E-state index contributed by atoms with van der Waals surface area (Å²) < 4.78 is 1.27. The van der Waals surface area contributed by atoms with E-state index in [1.165, 1.54) is 28.7 Å². The van der Waals surface area contributed by atoms with Crippen molar-refractivity contribution < 1.29 is 0 Å². The average Bonchev–Trinajstić information content (AvgIpc) is 2.75.